The third-order valence-electron chi connectivity index (χ3n) is 3.08. The van der Waals surface area contributed by atoms with Crippen molar-refractivity contribution >= 4 is 11.9 Å². The van der Waals surface area contributed by atoms with E-state index in [2.05, 4.69) is 0 Å². The van der Waals surface area contributed by atoms with Gasteiger partial charge < -0.3 is 9.80 Å². The molecule has 2 rings (SSSR count). The van der Waals surface area contributed by atoms with Crippen molar-refractivity contribution in [1.82, 2.24) is 15.2 Å². The van der Waals surface area contributed by atoms with Gasteiger partial charge in [0.2, 0.25) is 0 Å². The molecule has 0 aromatic heterocycles. The molecule has 1 aliphatic rings. The maximum Gasteiger partial charge on any atom is 0.331 e. The van der Waals surface area contributed by atoms with Gasteiger partial charge in [-0.1, -0.05) is 12.1 Å². The van der Waals surface area contributed by atoms with Crippen molar-refractivity contribution in [2.45, 2.75) is 0 Å². The van der Waals surface area contributed by atoms with Crippen molar-refractivity contribution < 1.29 is 14.0 Å². The number of nitrogens with one attached hydrogen (secondary N) is 1. The Hall–Kier alpha value is -2.15. The summed E-state index contributed by atoms with van der Waals surface area (Å²) in [5.74, 6) is 4.15. The zero-order chi connectivity index (χ0) is 13.8. The number of piperazine rings is 1. The van der Waals surface area contributed by atoms with E-state index in [1.165, 1.54) is 28.0 Å². The molecule has 6 nitrogen and oxygen atoms in total. The van der Waals surface area contributed by atoms with Crippen LogP contribution in [-0.2, 0) is 0 Å². The first-order chi connectivity index (χ1) is 9.13. The summed E-state index contributed by atoms with van der Waals surface area (Å²) in [7, 11) is 0. The molecular formula is C12H15FN4O2. The van der Waals surface area contributed by atoms with E-state index in [0.29, 0.717) is 26.2 Å². The first-order valence-electron chi connectivity index (χ1n) is 5.93. The van der Waals surface area contributed by atoms with Gasteiger partial charge in [-0.05, 0) is 12.1 Å². The lowest BCUT2D eigenvalue weighted by Crippen LogP contribution is -2.54. The maximum atomic E-state index is 13.5. The Bertz CT molecular complexity index is 486. The van der Waals surface area contributed by atoms with E-state index in [1.54, 1.807) is 6.07 Å². The van der Waals surface area contributed by atoms with Crippen LogP contribution in [-0.4, -0.2) is 47.9 Å². The summed E-state index contributed by atoms with van der Waals surface area (Å²) in [6.45, 7) is 1.48. The SMILES string of the molecule is NNC(=O)N1CCN(C(=O)c2ccccc2F)CC1. The second-order valence-electron chi connectivity index (χ2n) is 4.21. The van der Waals surface area contributed by atoms with E-state index in [4.69, 9.17) is 5.84 Å². The van der Waals surface area contributed by atoms with Crippen molar-refractivity contribution in [3.05, 3.63) is 35.6 Å². The first kappa shape index (κ1) is 13.3. The summed E-state index contributed by atoms with van der Waals surface area (Å²) in [5, 5.41) is 0. The van der Waals surface area contributed by atoms with E-state index < -0.39 is 5.82 Å². The van der Waals surface area contributed by atoms with Gasteiger partial charge in [0.05, 0.1) is 5.56 Å². The molecule has 1 aromatic rings. The number of carbonyl (C=O) groups is 2. The third kappa shape index (κ3) is 2.82. The zero-order valence-corrected chi connectivity index (χ0v) is 10.3. The molecule has 0 unspecified atom stereocenters. The summed E-state index contributed by atoms with van der Waals surface area (Å²) < 4.78 is 13.5. The number of halogens is 1. The van der Waals surface area contributed by atoms with Gasteiger partial charge in [-0.2, -0.15) is 0 Å². The molecule has 1 aromatic carbocycles. The van der Waals surface area contributed by atoms with Crippen molar-refractivity contribution in [3.63, 3.8) is 0 Å². The van der Waals surface area contributed by atoms with Crippen molar-refractivity contribution in [3.8, 4) is 0 Å². The van der Waals surface area contributed by atoms with Crippen LogP contribution in [0.4, 0.5) is 9.18 Å². The first-order valence-corrected chi connectivity index (χ1v) is 5.93. The molecule has 0 radical (unpaired) electrons. The smallest absolute Gasteiger partial charge is 0.331 e. The number of hydrogen-bond acceptors (Lipinski definition) is 3. The predicted molar refractivity (Wildman–Crippen MR) is 66.6 cm³/mol. The summed E-state index contributed by atoms with van der Waals surface area (Å²) in [5.41, 5.74) is 2.10. The van der Waals surface area contributed by atoms with Gasteiger partial charge in [0.15, 0.2) is 0 Å². The maximum absolute atomic E-state index is 13.5. The Morgan fingerprint density at radius 1 is 1.11 bits per heavy atom. The molecule has 1 saturated heterocycles. The lowest BCUT2D eigenvalue weighted by molar-refractivity contribution is 0.0660. The van der Waals surface area contributed by atoms with Gasteiger partial charge in [0, 0.05) is 26.2 Å². The number of nitrogens with zero attached hydrogens (tertiary/aromatic N) is 2. The molecule has 0 saturated carbocycles. The molecule has 1 aliphatic heterocycles. The van der Waals surface area contributed by atoms with E-state index in [-0.39, 0.29) is 17.5 Å². The zero-order valence-electron chi connectivity index (χ0n) is 10.3. The fourth-order valence-electron chi connectivity index (χ4n) is 2.01. The third-order valence-corrected chi connectivity index (χ3v) is 3.08. The van der Waals surface area contributed by atoms with Crippen LogP contribution in [0.25, 0.3) is 0 Å². The van der Waals surface area contributed by atoms with Crippen LogP contribution >= 0.6 is 0 Å². The van der Waals surface area contributed by atoms with Gasteiger partial charge >= 0.3 is 6.03 Å². The number of amides is 3. The Morgan fingerprint density at radius 2 is 1.68 bits per heavy atom. The second kappa shape index (κ2) is 5.66. The number of rotatable bonds is 1. The van der Waals surface area contributed by atoms with Crippen LogP contribution < -0.4 is 11.3 Å². The molecule has 0 atom stereocenters. The minimum absolute atomic E-state index is 0.0548. The molecule has 0 spiro atoms. The molecule has 102 valence electrons. The highest BCUT2D eigenvalue weighted by Crippen LogP contribution is 2.12. The van der Waals surface area contributed by atoms with Gasteiger partial charge in [-0.3, -0.25) is 10.2 Å². The highest BCUT2D eigenvalue weighted by molar-refractivity contribution is 5.94. The Labute approximate surface area is 109 Å². The summed E-state index contributed by atoms with van der Waals surface area (Å²) in [4.78, 5) is 26.4. The largest absolute Gasteiger partial charge is 0.335 e. The summed E-state index contributed by atoms with van der Waals surface area (Å²) in [6.07, 6.45) is 0. The topological polar surface area (TPSA) is 78.7 Å². The van der Waals surface area contributed by atoms with Crippen LogP contribution in [0.2, 0.25) is 0 Å². The molecule has 7 heteroatoms. The fourth-order valence-corrected chi connectivity index (χ4v) is 2.01. The van der Waals surface area contributed by atoms with Gasteiger partial charge in [-0.25, -0.2) is 15.0 Å². The molecular weight excluding hydrogens is 251 g/mol. The standard InChI is InChI=1S/C12H15FN4O2/c13-10-4-2-1-3-9(10)11(18)16-5-7-17(8-6-16)12(19)15-14/h1-4H,5-8,14H2,(H,15,19). The van der Waals surface area contributed by atoms with E-state index in [0.717, 1.165) is 0 Å². The highest BCUT2D eigenvalue weighted by atomic mass is 19.1. The molecule has 19 heavy (non-hydrogen) atoms. The van der Waals surface area contributed by atoms with E-state index in [1.807, 2.05) is 5.43 Å². The Morgan fingerprint density at radius 3 is 2.26 bits per heavy atom. The van der Waals surface area contributed by atoms with Crippen molar-refractivity contribution in [2.75, 3.05) is 26.2 Å². The number of hydrazine groups is 1. The quantitative estimate of drug-likeness (QED) is 0.432. The van der Waals surface area contributed by atoms with E-state index >= 15 is 0 Å². The lowest BCUT2D eigenvalue weighted by Gasteiger charge is -2.34. The Kier molecular flexibility index (Phi) is 3.96. The van der Waals surface area contributed by atoms with Crippen molar-refractivity contribution in [2.24, 2.45) is 5.84 Å². The van der Waals surface area contributed by atoms with Crippen LogP contribution in [0.1, 0.15) is 10.4 Å². The normalized spacial score (nSPS) is 15.3. The predicted octanol–water partition coefficient (Wildman–Crippen LogP) is 0.167. The van der Waals surface area contributed by atoms with Crippen molar-refractivity contribution in [1.29, 1.82) is 0 Å². The van der Waals surface area contributed by atoms with E-state index in [9.17, 15) is 14.0 Å². The minimum Gasteiger partial charge on any atom is -0.335 e. The van der Waals surface area contributed by atoms with Crippen LogP contribution in [0.15, 0.2) is 24.3 Å². The minimum atomic E-state index is -0.533. The number of nitrogens with two attached hydrogens (primary N) is 1. The number of urea groups is 1. The molecule has 3 N–H and O–H groups in total. The average Bonchev–Trinajstić information content (AvgIpc) is 2.46. The summed E-state index contributed by atoms with van der Waals surface area (Å²) >= 11 is 0. The van der Waals surface area contributed by atoms with Gasteiger partial charge in [-0.15, -0.1) is 0 Å². The second-order valence-corrected chi connectivity index (χ2v) is 4.21. The summed E-state index contributed by atoms with van der Waals surface area (Å²) in [6, 6.07) is 5.49. The number of benzene rings is 1. The van der Waals surface area contributed by atoms with Crippen LogP contribution in [0.3, 0.4) is 0 Å². The fraction of sp³-hybridized carbons (Fsp3) is 0.333. The average molecular weight is 266 g/mol. The molecule has 3 amide bonds. The lowest BCUT2D eigenvalue weighted by atomic mass is 10.1. The highest BCUT2D eigenvalue weighted by Gasteiger charge is 2.25. The molecule has 0 aliphatic carbocycles. The number of hydrogen-bond donors (Lipinski definition) is 2. The molecule has 0 bridgehead atoms. The Balaban J connectivity index is 2.00. The van der Waals surface area contributed by atoms with Crippen LogP contribution in [0, 0.1) is 5.82 Å². The molecule has 1 fully saturated rings. The monoisotopic (exact) mass is 266 g/mol. The number of carbonyl (C=O) groups excluding carboxylic acids is 2. The van der Waals surface area contributed by atoms with Gasteiger partial charge in [0.1, 0.15) is 5.82 Å². The van der Waals surface area contributed by atoms with Crippen LogP contribution in [0.5, 0.6) is 0 Å². The molecule has 1 heterocycles. The van der Waals surface area contributed by atoms with Gasteiger partial charge in [0.25, 0.3) is 5.91 Å².